The Morgan fingerprint density at radius 1 is 1.23 bits per heavy atom. The van der Waals surface area contributed by atoms with Crippen LogP contribution in [0.25, 0.3) is 22.5 Å². The molecule has 0 fully saturated rings. The highest BCUT2D eigenvalue weighted by Gasteiger charge is 2.16. The molecule has 0 bridgehead atoms. The molecule has 4 aromatic rings. The summed E-state index contributed by atoms with van der Waals surface area (Å²) in [6.07, 6.45) is 1.57. The molecule has 4 rings (SSSR count). The van der Waals surface area contributed by atoms with Gasteiger partial charge in [-0.05, 0) is 43.3 Å². The van der Waals surface area contributed by atoms with Crippen LogP contribution in [0.5, 0.6) is 0 Å². The molecule has 3 heterocycles. The monoisotopic (exact) mass is 369 g/mol. The van der Waals surface area contributed by atoms with E-state index in [4.69, 9.17) is 16.3 Å². The quantitative estimate of drug-likeness (QED) is 0.514. The van der Waals surface area contributed by atoms with Gasteiger partial charge in [0.15, 0.2) is 16.4 Å². The van der Waals surface area contributed by atoms with E-state index in [1.54, 1.807) is 49.5 Å². The summed E-state index contributed by atoms with van der Waals surface area (Å²) in [4.78, 5) is 32.9. The number of esters is 1. The Morgan fingerprint density at radius 3 is 2.73 bits per heavy atom. The normalized spacial score (nSPS) is 11.2. The van der Waals surface area contributed by atoms with Crippen LogP contribution in [0.15, 0.2) is 47.4 Å². The third-order valence-electron chi connectivity index (χ3n) is 3.80. The van der Waals surface area contributed by atoms with E-state index in [9.17, 15) is 9.59 Å². The molecule has 0 spiro atoms. The van der Waals surface area contributed by atoms with Crippen molar-refractivity contribution in [3.8, 4) is 5.69 Å². The predicted molar refractivity (Wildman–Crippen MR) is 94.9 cm³/mol. The first kappa shape index (κ1) is 16.2. The number of aromatic nitrogens is 5. The molecule has 1 aromatic carbocycles. The highest BCUT2D eigenvalue weighted by Crippen LogP contribution is 2.18. The predicted octanol–water partition coefficient (Wildman–Crippen LogP) is 2.26. The van der Waals surface area contributed by atoms with Crippen LogP contribution in [0.1, 0.15) is 17.3 Å². The molecule has 0 radical (unpaired) electrons. The van der Waals surface area contributed by atoms with Crippen LogP contribution >= 0.6 is 11.6 Å². The summed E-state index contributed by atoms with van der Waals surface area (Å²) >= 11 is 6.16. The number of hydrogen-bond acceptors (Lipinski definition) is 6. The zero-order chi connectivity index (χ0) is 18.3. The van der Waals surface area contributed by atoms with Gasteiger partial charge in [0, 0.05) is 6.20 Å². The molecule has 8 nitrogen and oxygen atoms in total. The molecule has 0 amide bonds. The highest BCUT2D eigenvalue weighted by molar-refractivity contribution is 6.32. The second kappa shape index (κ2) is 6.23. The first-order valence-electron chi connectivity index (χ1n) is 7.79. The maximum atomic E-state index is 12.9. The zero-order valence-electron chi connectivity index (χ0n) is 13.6. The number of rotatable bonds is 3. The number of carbonyl (C=O) groups is 1. The van der Waals surface area contributed by atoms with Gasteiger partial charge in [-0.1, -0.05) is 11.6 Å². The van der Waals surface area contributed by atoms with E-state index in [0.29, 0.717) is 29.0 Å². The van der Waals surface area contributed by atoms with E-state index in [1.165, 1.54) is 9.08 Å². The summed E-state index contributed by atoms with van der Waals surface area (Å²) in [5.41, 5.74) is 1.55. The molecule has 9 heteroatoms. The van der Waals surface area contributed by atoms with Gasteiger partial charge < -0.3 is 4.74 Å². The topological polar surface area (TPSA) is 91.4 Å². The van der Waals surface area contributed by atoms with Crippen molar-refractivity contribution in [1.29, 1.82) is 0 Å². The summed E-state index contributed by atoms with van der Waals surface area (Å²) in [6.45, 7) is 2.03. The van der Waals surface area contributed by atoms with Crippen molar-refractivity contribution in [2.75, 3.05) is 6.61 Å². The summed E-state index contributed by atoms with van der Waals surface area (Å²) < 4.78 is 7.51. The minimum absolute atomic E-state index is 0.0789. The Morgan fingerprint density at radius 2 is 2.00 bits per heavy atom. The molecule has 0 aliphatic rings. The van der Waals surface area contributed by atoms with Crippen molar-refractivity contribution in [3.05, 3.63) is 63.8 Å². The van der Waals surface area contributed by atoms with Gasteiger partial charge in [-0.25, -0.2) is 24.0 Å². The van der Waals surface area contributed by atoms with Crippen LogP contribution < -0.4 is 5.69 Å². The van der Waals surface area contributed by atoms with Crippen LogP contribution in [0.3, 0.4) is 0 Å². The molecular formula is C17H12ClN5O3. The van der Waals surface area contributed by atoms with Crippen LogP contribution in [0.4, 0.5) is 0 Å². The lowest BCUT2D eigenvalue weighted by Crippen LogP contribution is -2.20. The molecule has 0 aliphatic heterocycles. The Bertz CT molecular complexity index is 1200. The van der Waals surface area contributed by atoms with Gasteiger partial charge in [0.2, 0.25) is 0 Å². The van der Waals surface area contributed by atoms with Crippen molar-refractivity contribution >= 4 is 34.4 Å². The molecule has 0 saturated carbocycles. The molecule has 130 valence electrons. The van der Waals surface area contributed by atoms with Crippen molar-refractivity contribution in [3.63, 3.8) is 0 Å². The van der Waals surface area contributed by atoms with Crippen LogP contribution in [-0.4, -0.2) is 36.7 Å². The van der Waals surface area contributed by atoms with Crippen LogP contribution in [0, 0.1) is 0 Å². The minimum atomic E-state index is -0.425. The lowest BCUT2D eigenvalue weighted by Gasteiger charge is -2.03. The summed E-state index contributed by atoms with van der Waals surface area (Å²) in [5.74, 6) is -0.425. The average Bonchev–Trinajstić information content (AvgIpc) is 3.01. The number of benzene rings is 1. The van der Waals surface area contributed by atoms with Crippen LogP contribution in [-0.2, 0) is 4.74 Å². The average molecular weight is 370 g/mol. The van der Waals surface area contributed by atoms with Gasteiger partial charge in [0.1, 0.15) is 0 Å². The second-order valence-electron chi connectivity index (χ2n) is 5.37. The number of hydrogen-bond donors (Lipinski definition) is 0. The van der Waals surface area contributed by atoms with Crippen molar-refractivity contribution in [1.82, 2.24) is 24.1 Å². The first-order chi connectivity index (χ1) is 12.6. The van der Waals surface area contributed by atoms with Crippen molar-refractivity contribution < 1.29 is 9.53 Å². The van der Waals surface area contributed by atoms with E-state index >= 15 is 0 Å². The molecule has 3 aromatic heterocycles. The molecule has 26 heavy (non-hydrogen) atoms. The smallest absolute Gasteiger partial charge is 0.355 e. The number of fused-ring (bicyclic) bond motifs is 3. The maximum absolute atomic E-state index is 12.9. The Hall–Kier alpha value is -3.26. The van der Waals surface area contributed by atoms with Gasteiger partial charge in [0.05, 0.1) is 23.4 Å². The maximum Gasteiger partial charge on any atom is 0.355 e. The molecule has 0 aliphatic carbocycles. The minimum Gasteiger partial charge on any atom is -0.462 e. The number of carbonyl (C=O) groups excluding carboxylic acids is 1. The van der Waals surface area contributed by atoms with Gasteiger partial charge in [-0.15, -0.1) is 5.10 Å². The van der Waals surface area contributed by atoms with Gasteiger partial charge in [-0.2, -0.15) is 4.68 Å². The Labute approximate surface area is 151 Å². The van der Waals surface area contributed by atoms with Gasteiger partial charge in [0.25, 0.3) is 0 Å². The van der Waals surface area contributed by atoms with Crippen molar-refractivity contribution in [2.24, 2.45) is 0 Å². The largest absolute Gasteiger partial charge is 0.462 e. The summed E-state index contributed by atoms with van der Waals surface area (Å²) in [6, 6.07) is 9.79. The van der Waals surface area contributed by atoms with Crippen molar-refractivity contribution in [2.45, 2.75) is 6.92 Å². The highest BCUT2D eigenvalue weighted by atomic mass is 35.5. The number of halogens is 1. The third-order valence-corrected chi connectivity index (χ3v) is 4.05. The summed E-state index contributed by atoms with van der Waals surface area (Å²) in [5, 5.41) is 4.35. The second-order valence-corrected chi connectivity index (χ2v) is 5.73. The lowest BCUT2D eigenvalue weighted by atomic mass is 10.2. The van der Waals surface area contributed by atoms with E-state index < -0.39 is 11.7 Å². The lowest BCUT2D eigenvalue weighted by molar-refractivity contribution is 0.0526. The molecule has 0 unspecified atom stereocenters. The fourth-order valence-corrected chi connectivity index (χ4v) is 2.83. The fraction of sp³-hybridized carbons (Fsp3) is 0.118. The van der Waals surface area contributed by atoms with E-state index in [0.717, 1.165) is 0 Å². The number of pyridine rings is 1. The van der Waals surface area contributed by atoms with E-state index in [2.05, 4.69) is 15.1 Å². The Kier molecular flexibility index (Phi) is 3.89. The summed E-state index contributed by atoms with van der Waals surface area (Å²) in [7, 11) is 0. The van der Waals surface area contributed by atoms with Gasteiger partial charge >= 0.3 is 11.7 Å². The van der Waals surface area contributed by atoms with E-state index in [1.807, 2.05) is 0 Å². The number of nitrogens with zero attached hydrogens (tertiary/aromatic N) is 5. The SMILES string of the molecule is CCOC(=O)c1ccc(-n2nc3c(Cl)nc4ncccc4n3c2=O)cc1. The molecule has 0 saturated heterocycles. The Balaban J connectivity index is 1.89. The molecule has 0 N–H and O–H groups in total. The van der Waals surface area contributed by atoms with E-state index in [-0.39, 0.29) is 10.8 Å². The number of ether oxygens (including phenoxy) is 1. The molecular weight excluding hydrogens is 358 g/mol. The van der Waals surface area contributed by atoms with Gasteiger partial charge in [-0.3, -0.25) is 0 Å². The standard InChI is InChI=1S/C17H12ClN5O3/c1-2-26-16(24)10-5-7-11(8-6-10)23-17(25)22-12-4-3-9-19-14(12)20-13(18)15(22)21-23/h3-9H,2H2,1H3. The first-order valence-corrected chi connectivity index (χ1v) is 8.17. The van der Waals surface area contributed by atoms with Crippen LogP contribution in [0.2, 0.25) is 5.15 Å². The fourth-order valence-electron chi connectivity index (χ4n) is 2.63. The molecule has 0 atom stereocenters. The zero-order valence-corrected chi connectivity index (χ0v) is 14.3. The third kappa shape index (κ3) is 2.51.